The molecular weight excluding hydrogens is 236 g/mol. The van der Waals surface area contributed by atoms with Crippen LogP contribution in [-0.2, 0) is 0 Å². The van der Waals surface area contributed by atoms with Crippen molar-refractivity contribution in [1.29, 1.82) is 0 Å². The van der Waals surface area contributed by atoms with Gasteiger partial charge in [-0.1, -0.05) is 27.7 Å². The molecule has 0 bridgehead atoms. The minimum atomic E-state index is 0.334. The lowest BCUT2D eigenvalue weighted by Gasteiger charge is -2.20. The Bertz CT molecular complexity index is 397. The van der Waals surface area contributed by atoms with Gasteiger partial charge in [-0.25, -0.2) is 9.97 Å². The van der Waals surface area contributed by atoms with Crippen molar-refractivity contribution in [2.75, 3.05) is 17.2 Å². The van der Waals surface area contributed by atoms with E-state index in [0.717, 1.165) is 42.4 Å². The molecule has 0 aliphatic rings. The molecule has 0 atom stereocenters. The summed E-state index contributed by atoms with van der Waals surface area (Å²) in [5.41, 5.74) is 1.11. The number of aromatic nitrogens is 2. The largest absolute Gasteiger partial charge is 0.370 e. The van der Waals surface area contributed by atoms with E-state index in [2.05, 4.69) is 62.1 Å². The molecule has 2 N–H and O–H groups in total. The predicted octanol–water partition coefficient (Wildman–Crippen LogP) is 3.94. The van der Waals surface area contributed by atoms with Crippen molar-refractivity contribution in [2.24, 2.45) is 0 Å². The first-order valence-electron chi connectivity index (χ1n) is 7.42. The zero-order valence-electron chi connectivity index (χ0n) is 13.2. The maximum Gasteiger partial charge on any atom is 0.135 e. The Hall–Kier alpha value is -1.32. The van der Waals surface area contributed by atoms with E-state index in [9.17, 15) is 0 Å². The average molecular weight is 264 g/mol. The van der Waals surface area contributed by atoms with Gasteiger partial charge in [0.1, 0.15) is 17.5 Å². The van der Waals surface area contributed by atoms with Crippen molar-refractivity contribution in [3.05, 3.63) is 11.4 Å². The molecule has 0 saturated heterocycles. The maximum absolute atomic E-state index is 4.69. The zero-order valence-corrected chi connectivity index (χ0v) is 13.2. The van der Waals surface area contributed by atoms with E-state index in [1.807, 2.05) is 0 Å². The van der Waals surface area contributed by atoms with Crippen LogP contribution in [0.3, 0.4) is 0 Å². The second-order valence-electron chi connectivity index (χ2n) is 5.25. The van der Waals surface area contributed by atoms with Crippen LogP contribution in [0.4, 0.5) is 11.6 Å². The summed E-state index contributed by atoms with van der Waals surface area (Å²) in [7, 11) is 0. The van der Waals surface area contributed by atoms with Crippen LogP contribution in [0.25, 0.3) is 0 Å². The van der Waals surface area contributed by atoms with Crippen LogP contribution in [0.1, 0.15) is 64.8 Å². The van der Waals surface area contributed by atoms with E-state index in [1.54, 1.807) is 0 Å². The summed E-state index contributed by atoms with van der Waals surface area (Å²) >= 11 is 0. The van der Waals surface area contributed by atoms with Crippen molar-refractivity contribution in [2.45, 2.75) is 66.3 Å². The molecule has 19 heavy (non-hydrogen) atoms. The van der Waals surface area contributed by atoms with Gasteiger partial charge in [0, 0.05) is 24.1 Å². The van der Waals surface area contributed by atoms with Crippen molar-refractivity contribution < 1.29 is 0 Å². The molecule has 4 heteroatoms. The SMILES string of the molecule is CCNc1nc(C(C)C)nc(NC(CC)CC)c1C. The van der Waals surface area contributed by atoms with Crippen LogP contribution in [0.2, 0.25) is 0 Å². The fourth-order valence-electron chi connectivity index (χ4n) is 1.96. The first-order valence-corrected chi connectivity index (χ1v) is 7.42. The van der Waals surface area contributed by atoms with Gasteiger partial charge < -0.3 is 10.6 Å². The molecule has 108 valence electrons. The van der Waals surface area contributed by atoms with E-state index >= 15 is 0 Å². The van der Waals surface area contributed by atoms with Crippen molar-refractivity contribution in [3.63, 3.8) is 0 Å². The average Bonchev–Trinajstić information content (AvgIpc) is 2.39. The lowest BCUT2D eigenvalue weighted by Crippen LogP contribution is -2.20. The molecule has 0 amide bonds. The van der Waals surface area contributed by atoms with Crippen LogP contribution in [-0.4, -0.2) is 22.6 Å². The van der Waals surface area contributed by atoms with Gasteiger partial charge in [-0.2, -0.15) is 0 Å². The number of hydrogen-bond donors (Lipinski definition) is 2. The van der Waals surface area contributed by atoms with Gasteiger partial charge in [-0.3, -0.25) is 0 Å². The molecule has 0 aliphatic carbocycles. The highest BCUT2D eigenvalue weighted by Crippen LogP contribution is 2.24. The molecule has 1 rings (SSSR count). The zero-order chi connectivity index (χ0) is 14.4. The molecule has 0 unspecified atom stereocenters. The second kappa shape index (κ2) is 7.31. The number of nitrogens with zero attached hydrogens (tertiary/aromatic N) is 2. The Labute approximate surface area is 117 Å². The molecule has 0 radical (unpaired) electrons. The summed E-state index contributed by atoms with van der Waals surface area (Å²) in [6.07, 6.45) is 2.21. The highest BCUT2D eigenvalue weighted by atomic mass is 15.1. The van der Waals surface area contributed by atoms with E-state index in [0.29, 0.717) is 12.0 Å². The summed E-state index contributed by atoms with van der Waals surface area (Å²) in [5.74, 6) is 3.16. The number of rotatable bonds is 7. The van der Waals surface area contributed by atoms with Crippen molar-refractivity contribution in [3.8, 4) is 0 Å². The Morgan fingerprint density at radius 3 is 2.05 bits per heavy atom. The molecule has 1 aromatic heterocycles. The van der Waals surface area contributed by atoms with Crippen LogP contribution in [0.15, 0.2) is 0 Å². The molecule has 0 saturated carbocycles. The molecule has 0 aromatic carbocycles. The second-order valence-corrected chi connectivity index (χ2v) is 5.25. The van der Waals surface area contributed by atoms with Crippen LogP contribution >= 0.6 is 0 Å². The van der Waals surface area contributed by atoms with Gasteiger partial charge in [-0.05, 0) is 26.7 Å². The minimum Gasteiger partial charge on any atom is -0.370 e. The highest BCUT2D eigenvalue weighted by Gasteiger charge is 2.14. The molecule has 0 aliphatic heterocycles. The van der Waals surface area contributed by atoms with E-state index < -0.39 is 0 Å². The van der Waals surface area contributed by atoms with Crippen LogP contribution < -0.4 is 10.6 Å². The van der Waals surface area contributed by atoms with Crippen molar-refractivity contribution >= 4 is 11.6 Å². The van der Waals surface area contributed by atoms with Crippen LogP contribution in [0, 0.1) is 6.92 Å². The molecule has 1 aromatic rings. The quantitative estimate of drug-likeness (QED) is 0.783. The third kappa shape index (κ3) is 4.08. The van der Waals surface area contributed by atoms with Gasteiger partial charge in [0.2, 0.25) is 0 Å². The first-order chi connectivity index (χ1) is 9.03. The topological polar surface area (TPSA) is 49.8 Å². The number of nitrogens with one attached hydrogen (secondary N) is 2. The minimum absolute atomic E-state index is 0.334. The van der Waals surface area contributed by atoms with E-state index in [1.165, 1.54) is 0 Å². The summed E-state index contributed by atoms with van der Waals surface area (Å²) in [6.45, 7) is 13.7. The van der Waals surface area contributed by atoms with Gasteiger partial charge in [0.25, 0.3) is 0 Å². The maximum atomic E-state index is 4.69. The Morgan fingerprint density at radius 1 is 1.00 bits per heavy atom. The molecular formula is C15H28N4. The molecule has 1 heterocycles. The Kier molecular flexibility index (Phi) is 6.06. The molecule has 0 fully saturated rings. The predicted molar refractivity (Wildman–Crippen MR) is 83.0 cm³/mol. The smallest absolute Gasteiger partial charge is 0.135 e. The van der Waals surface area contributed by atoms with Gasteiger partial charge >= 0.3 is 0 Å². The molecule has 0 spiro atoms. The Balaban J connectivity index is 3.13. The van der Waals surface area contributed by atoms with Gasteiger partial charge in [0.05, 0.1) is 0 Å². The normalized spacial score (nSPS) is 11.2. The van der Waals surface area contributed by atoms with Gasteiger partial charge in [0.15, 0.2) is 0 Å². The van der Waals surface area contributed by atoms with Crippen LogP contribution in [0.5, 0.6) is 0 Å². The summed E-state index contributed by atoms with van der Waals surface area (Å²) < 4.78 is 0. The first kappa shape index (κ1) is 15.7. The summed E-state index contributed by atoms with van der Waals surface area (Å²) in [5, 5.41) is 6.88. The van der Waals surface area contributed by atoms with Gasteiger partial charge in [-0.15, -0.1) is 0 Å². The van der Waals surface area contributed by atoms with E-state index in [-0.39, 0.29) is 0 Å². The van der Waals surface area contributed by atoms with Crippen molar-refractivity contribution in [1.82, 2.24) is 9.97 Å². The monoisotopic (exact) mass is 264 g/mol. The fourth-order valence-corrected chi connectivity index (χ4v) is 1.96. The number of hydrogen-bond acceptors (Lipinski definition) is 4. The molecule has 4 nitrogen and oxygen atoms in total. The Morgan fingerprint density at radius 2 is 1.58 bits per heavy atom. The highest BCUT2D eigenvalue weighted by molar-refractivity contribution is 5.57. The third-order valence-corrected chi connectivity index (χ3v) is 3.35. The standard InChI is InChI=1S/C15H28N4/c1-7-12(8-2)17-15-11(6)14(16-9-3)18-13(19-15)10(4)5/h10,12H,7-9H2,1-6H3,(H2,16,17,18,19). The fraction of sp³-hybridized carbons (Fsp3) is 0.733. The third-order valence-electron chi connectivity index (χ3n) is 3.35. The lowest BCUT2D eigenvalue weighted by atomic mass is 10.1. The number of anilines is 2. The summed E-state index contributed by atoms with van der Waals surface area (Å²) in [4.78, 5) is 9.31. The lowest BCUT2D eigenvalue weighted by molar-refractivity contribution is 0.664. The summed E-state index contributed by atoms with van der Waals surface area (Å²) in [6, 6.07) is 0.475. The van der Waals surface area contributed by atoms with E-state index in [4.69, 9.17) is 0 Å².